The summed E-state index contributed by atoms with van der Waals surface area (Å²) in [5.41, 5.74) is 0.601. The maximum absolute atomic E-state index is 12.8. The van der Waals surface area contributed by atoms with Gasteiger partial charge in [0.25, 0.3) is 5.91 Å². The molecule has 1 spiro atoms. The Morgan fingerprint density at radius 1 is 1.28 bits per heavy atom. The number of nitrogens with zero attached hydrogens (tertiary/aromatic N) is 2. The molecule has 2 saturated heterocycles. The van der Waals surface area contributed by atoms with Gasteiger partial charge in [0, 0.05) is 55.2 Å². The molecule has 0 aliphatic carbocycles. The smallest absolute Gasteiger partial charge is 0.253 e. The van der Waals surface area contributed by atoms with Crippen LogP contribution in [0.25, 0.3) is 0 Å². The third-order valence-corrected chi connectivity index (χ3v) is 5.59. The molecule has 0 aromatic heterocycles. The highest BCUT2D eigenvalue weighted by Crippen LogP contribution is 2.39. The summed E-state index contributed by atoms with van der Waals surface area (Å²) in [7, 11) is 0. The summed E-state index contributed by atoms with van der Waals surface area (Å²) >= 11 is 6.02. The first-order chi connectivity index (χ1) is 12.0. The Bertz CT molecular complexity index is 651. The number of likely N-dealkylation sites (tertiary alicyclic amines) is 2. The molecule has 1 atom stereocenters. The van der Waals surface area contributed by atoms with Gasteiger partial charge in [-0.1, -0.05) is 17.7 Å². The van der Waals surface area contributed by atoms with E-state index in [1.807, 2.05) is 9.80 Å². The highest BCUT2D eigenvalue weighted by molar-refractivity contribution is 6.30. The van der Waals surface area contributed by atoms with E-state index >= 15 is 0 Å². The van der Waals surface area contributed by atoms with Crippen molar-refractivity contribution in [3.63, 3.8) is 0 Å². The van der Waals surface area contributed by atoms with Crippen molar-refractivity contribution in [1.82, 2.24) is 9.80 Å². The van der Waals surface area contributed by atoms with Crippen LogP contribution in [0.5, 0.6) is 0 Å². The van der Waals surface area contributed by atoms with Crippen LogP contribution >= 0.6 is 11.6 Å². The van der Waals surface area contributed by atoms with Gasteiger partial charge in [-0.3, -0.25) is 9.59 Å². The van der Waals surface area contributed by atoms with Gasteiger partial charge in [-0.15, -0.1) is 0 Å². The van der Waals surface area contributed by atoms with E-state index in [1.54, 1.807) is 24.3 Å². The van der Waals surface area contributed by atoms with Gasteiger partial charge in [0.05, 0.1) is 0 Å². The van der Waals surface area contributed by atoms with Crippen molar-refractivity contribution in [3.8, 4) is 0 Å². The lowest BCUT2D eigenvalue weighted by atomic mass is 9.73. The molecule has 6 heteroatoms. The van der Waals surface area contributed by atoms with Crippen LogP contribution in [0.15, 0.2) is 24.3 Å². The standard InChI is InChI=1S/C19H25ClN2O3/c20-16-5-1-4-15(12-16)18(25)22-9-2-7-19(14-22)8-6-17(24)21(13-19)10-3-11-23/h1,4-5,12,23H,2-3,6-11,13-14H2/t19-/m0/s1. The fraction of sp³-hybridized carbons (Fsp3) is 0.579. The summed E-state index contributed by atoms with van der Waals surface area (Å²) in [5, 5.41) is 9.61. The van der Waals surface area contributed by atoms with Crippen molar-refractivity contribution in [2.24, 2.45) is 5.41 Å². The van der Waals surface area contributed by atoms with Crippen molar-refractivity contribution in [2.75, 3.05) is 32.8 Å². The molecule has 1 N–H and O–H groups in total. The van der Waals surface area contributed by atoms with Crippen LogP contribution in [0.3, 0.4) is 0 Å². The van der Waals surface area contributed by atoms with Gasteiger partial charge in [0.15, 0.2) is 0 Å². The zero-order chi connectivity index (χ0) is 17.9. The van der Waals surface area contributed by atoms with Gasteiger partial charge in [0.1, 0.15) is 0 Å². The quantitative estimate of drug-likeness (QED) is 0.893. The van der Waals surface area contributed by atoms with Crippen molar-refractivity contribution >= 4 is 23.4 Å². The second kappa shape index (κ2) is 7.75. The van der Waals surface area contributed by atoms with Crippen LogP contribution in [0.2, 0.25) is 5.02 Å². The maximum atomic E-state index is 12.8. The van der Waals surface area contributed by atoms with Crippen molar-refractivity contribution < 1.29 is 14.7 Å². The molecule has 25 heavy (non-hydrogen) atoms. The third-order valence-electron chi connectivity index (χ3n) is 5.35. The topological polar surface area (TPSA) is 60.9 Å². The highest BCUT2D eigenvalue weighted by atomic mass is 35.5. The molecule has 2 aliphatic heterocycles. The Morgan fingerprint density at radius 3 is 2.88 bits per heavy atom. The van der Waals surface area contributed by atoms with Gasteiger partial charge < -0.3 is 14.9 Å². The van der Waals surface area contributed by atoms with E-state index in [1.165, 1.54) is 0 Å². The number of aliphatic hydroxyl groups is 1. The van der Waals surface area contributed by atoms with E-state index in [0.29, 0.717) is 43.1 Å². The molecular weight excluding hydrogens is 340 g/mol. The molecule has 136 valence electrons. The molecule has 5 nitrogen and oxygen atoms in total. The SMILES string of the molecule is O=C1CC[C@@]2(CCCN(C(=O)c3cccc(Cl)c3)C2)CN1CCCO. The molecule has 1 aromatic rings. The van der Waals surface area contributed by atoms with Crippen LogP contribution in [0, 0.1) is 5.41 Å². The zero-order valence-electron chi connectivity index (χ0n) is 14.4. The molecule has 2 amide bonds. The van der Waals surface area contributed by atoms with E-state index < -0.39 is 0 Å². The molecular formula is C19H25ClN2O3. The van der Waals surface area contributed by atoms with Gasteiger partial charge in [-0.05, 0) is 43.9 Å². The minimum Gasteiger partial charge on any atom is -0.396 e. The minimum atomic E-state index is -0.0180. The number of hydrogen-bond acceptors (Lipinski definition) is 3. The number of amides is 2. The fourth-order valence-corrected chi connectivity index (χ4v) is 4.28. The molecule has 0 bridgehead atoms. The van der Waals surface area contributed by atoms with Crippen LogP contribution in [0.4, 0.5) is 0 Å². The number of halogens is 1. The molecule has 2 heterocycles. The first kappa shape index (κ1) is 18.2. The number of aliphatic hydroxyl groups excluding tert-OH is 1. The molecule has 0 unspecified atom stereocenters. The number of carbonyl (C=O) groups is 2. The molecule has 3 rings (SSSR count). The summed E-state index contributed by atoms with van der Waals surface area (Å²) in [6.07, 6.45) is 3.96. The van der Waals surface area contributed by atoms with Gasteiger partial charge in [-0.25, -0.2) is 0 Å². The van der Waals surface area contributed by atoms with E-state index in [9.17, 15) is 9.59 Å². The van der Waals surface area contributed by atoms with Gasteiger partial charge >= 0.3 is 0 Å². The van der Waals surface area contributed by atoms with E-state index in [0.717, 1.165) is 25.8 Å². The van der Waals surface area contributed by atoms with E-state index in [-0.39, 0.29) is 23.8 Å². The fourth-order valence-electron chi connectivity index (χ4n) is 4.09. The number of piperidine rings is 2. The van der Waals surface area contributed by atoms with Crippen LogP contribution < -0.4 is 0 Å². The number of carbonyl (C=O) groups excluding carboxylic acids is 2. The van der Waals surface area contributed by atoms with E-state index in [2.05, 4.69) is 0 Å². The molecule has 1 aromatic carbocycles. The Hall–Kier alpha value is -1.59. The van der Waals surface area contributed by atoms with Crippen LogP contribution in [-0.4, -0.2) is 59.5 Å². The Balaban J connectivity index is 1.71. The monoisotopic (exact) mass is 364 g/mol. The summed E-state index contributed by atoms with van der Waals surface area (Å²) in [5.74, 6) is 0.178. The summed E-state index contributed by atoms with van der Waals surface area (Å²) in [4.78, 5) is 28.8. The minimum absolute atomic E-state index is 0.0142. The number of rotatable bonds is 4. The first-order valence-corrected chi connectivity index (χ1v) is 9.34. The predicted molar refractivity (Wildman–Crippen MR) is 96.5 cm³/mol. The summed E-state index contributed by atoms with van der Waals surface area (Å²) in [6.45, 7) is 2.81. The number of hydrogen-bond donors (Lipinski definition) is 1. The van der Waals surface area contributed by atoms with Gasteiger partial charge in [-0.2, -0.15) is 0 Å². The third kappa shape index (κ3) is 4.15. The summed E-state index contributed by atoms with van der Waals surface area (Å²) < 4.78 is 0. The van der Waals surface area contributed by atoms with Crippen molar-refractivity contribution in [3.05, 3.63) is 34.9 Å². The lowest BCUT2D eigenvalue weighted by Gasteiger charge is -2.48. The first-order valence-electron chi connectivity index (χ1n) is 8.96. The van der Waals surface area contributed by atoms with Crippen LogP contribution in [0.1, 0.15) is 42.5 Å². The lowest BCUT2D eigenvalue weighted by Crippen LogP contribution is -2.55. The second-order valence-corrected chi connectivity index (χ2v) is 7.67. The number of benzene rings is 1. The lowest BCUT2D eigenvalue weighted by molar-refractivity contribution is -0.139. The Labute approximate surface area is 153 Å². The molecule has 2 aliphatic rings. The zero-order valence-corrected chi connectivity index (χ0v) is 15.2. The highest BCUT2D eigenvalue weighted by Gasteiger charge is 2.42. The van der Waals surface area contributed by atoms with Crippen molar-refractivity contribution in [2.45, 2.75) is 32.1 Å². The maximum Gasteiger partial charge on any atom is 0.253 e. The summed E-state index contributed by atoms with van der Waals surface area (Å²) in [6, 6.07) is 7.07. The predicted octanol–water partition coefficient (Wildman–Crippen LogP) is 2.57. The van der Waals surface area contributed by atoms with Gasteiger partial charge in [0.2, 0.25) is 5.91 Å². The van der Waals surface area contributed by atoms with Crippen molar-refractivity contribution in [1.29, 1.82) is 0 Å². The molecule has 0 radical (unpaired) electrons. The molecule has 0 saturated carbocycles. The second-order valence-electron chi connectivity index (χ2n) is 7.23. The average molecular weight is 365 g/mol. The molecule has 2 fully saturated rings. The van der Waals surface area contributed by atoms with E-state index in [4.69, 9.17) is 16.7 Å². The Morgan fingerprint density at radius 2 is 2.12 bits per heavy atom. The largest absolute Gasteiger partial charge is 0.396 e. The van der Waals surface area contributed by atoms with Crippen LogP contribution in [-0.2, 0) is 4.79 Å². The average Bonchev–Trinajstić information content (AvgIpc) is 2.62. The Kier molecular flexibility index (Phi) is 5.64. The normalized spacial score (nSPS) is 24.0.